The Morgan fingerprint density at radius 1 is 0.923 bits per heavy atom. The number of carbonyl (C=O) groups excluding carboxylic acids is 2. The maximum Gasteiger partial charge on any atom is 0.417 e. The minimum Gasteiger partial charge on any atom is -0.387 e. The summed E-state index contributed by atoms with van der Waals surface area (Å²) in [5.41, 5.74) is 9.84. The summed E-state index contributed by atoms with van der Waals surface area (Å²) in [5.74, 6) is 0.262. The number of rotatable bonds is 19. The number of imidazole rings is 2. The van der Waals surface area contributed by atoms with E-state index in [1.54, 1.807) is 10.9 Å². The second kappa shape index (κ2) is 23.2. The van der Waals surface area contributed by atoms with Gasteiger partial charge >= 0.3 is 12.2 Å². The predicted octanol–water partition coefficient (Wildman–Crippen LogP) is 6.01. The summed E-state index contributed by atoms with van der Waals surface area (Å²) in [7, 11) is 0. The van der Waals surface area contributed by atoms with Gasteiger partial charge in [0.25, 0.3) is 0 Å². The number of hydrogen-bond acceptors (Lipinski definition) is 18. The maximum absolute atomic E-state index is 13.3. The number of halogens is 4. The van der Waals surface area contributed by atoms with E-state index in [1.165, 1.54) is 35.2 Å². The number of ether oxygens (including phenoxy) is 3. The zero-order valence-electron chi connectivity index (χ0n) is 43.9. The highest BCUT2D eigenvalue weighted by atomic mass is 35.5. The Labute approximate surface area is 452 Å². The number of nitrogens with one attached hydrogen (secondary N) is 4. The van der Waals surface area contributed by atoms with E-state index in [9.17, 15) is 33.0 Å². The zero-order valence-corrected chi connectivity index (χ0v) is 44.7. The van der Waals surface area contributed by atoms with Crippen molar-refractivity contribution in [1.82, 2.24) is 54.2 Å². The van der Waals surface area contributed by atoms with E-state index in [1.807, 2.05) is 49.9 Å². The molecule has 78 heavy (non-hydrogen) atoms. The Bertz CT molecular complexity index is 3070. The lowest BCUT2D eigenvalue weighted by atomic mass is 9.87. The van der Waals surface area contributed by atoms with Crippen LogP contribution in [0.5, 0.6) is 0 Å². The van der Waals surface area contributed by atoms with Crippen LogP contribution in [0.1, 0.15) is 84.6 Å². The Morgan fingerprint density at radius 3 is 2.40 bits per heavy atom. The predicted molar refractivity (Wildman–Crippen MR) is 282 cm³/mol. The molecule has 23 nitrogen and oxygen atoms in total. The van der Waals surface area contributed by atoms with Crippen LogP contribution in [-0.4, -0.2) is 153 Å². The SMILES string of the molecule is CC(C)N(CCCNC(=O)Nc1ccc(Cl)c(C(F)(F)F)c1)CC1OC(n2cnc3c(NOC4(n5cnc6c(N)ncnc65)COC5CN(CCCCC(=O)Nc6ccc(C(C)(C)C)cc6)C(C)OC54)ncnc32)C(O)C1O. The number of nitrogens with zero attached hydrogens (tertiary/aromatic N) is 10. The van der Waals surface area contributed by atoms with Gasteiger partial charge in [0, 0.05) is 56.6 Å². The lowest BCUT2D eigenvalue weighted by Crippen LogP contribution is -2.59. The van der Waals surface area contributed by atoms with E-state index in [-0.39, 0.29) is 65.5 Å². The number of hydrogen-bond donors (Lipinski definition) is 7. The fraction of sp³-hybridized carbons (Fsp3) is 0.529. The minimum absolute atomic E-state index is 0.0154. The molecule has 0 saturated carbocycles. The number of unbranched alkanes of at least 4 members (excludes halogenated alkanes) is 1. The third-order valence-electron chi connectivity index (χ3n) is 14.3. The lowest BCUT2D eigenvalue weighted by Gasteiger charge is -2.44. The topological polar surface area (TPSA) is 279 Å². The Hall–Kier alpha value is -6.36. The van der Waals surface area contributed by atoms with Gasteiger partial charge in [-0.2, -0.15) is 13.2 Å². The maximum atomic E-state index is 13.3. The molecule has 8 atom stereocenters. The molecule has 0 aliphatic carbocycles. The van der Waals surface area contributed by atoms with Gasteiger partial charge in [-0.3, -0.25) is 23.7 Å². The van der Waals surface area contributed by atoms with Crippen LogP contribution in [0.25, 0.3) is 22.3 Å². The molecule has 3 amide bonds. The van der Waals surface area contributed by atoms with Crippen LogP contribution in [-0.2, 0) is 41.2 Å². The Morgan fingerprint density at radius 2 is 1.65 bits per heavy atom. The van der Waals surface area contributed by atoms with Gasteiger partial charge in [0.15, 0.2) is 34.7 Å². The van der Waals surface area contributed by atoms with Crippen LogP contribution in [0.3, 0.4) is 0 Å². The van der Waals surface area contributed by atoms with Gasteiger partial charge in [0.1, 0.15) is 61.5 Å². The van der Waals surface area contributed by atoms with Gasteiger partial charge in [0.2, 0.25) is 11.6 Å². The van der Waals surface area contributed by atoms with Crippen LogP contribution in [0.2, 0.25) is 5.02 Å². The molecule has 0 spiro atoms. The lowest BCUT2D eigenvalue weighted by molar-refractivity contribution is -0.223. The molecule has 0 bridgehead atoms. The largest absolute Gasteiger partial charge is 0.417 e. The highest BCUT2D eigenvalue weighted by Crippen LogP contribution is 2.42. The number of benzene rings is 2. The Kier molecular flexibility index (Phi) is 16.7. The van der Waals surface area contributed by atoms with Crippen molar-refractivity contribution in [2.24, 2.45) is 0 Å². The summed E-state index contributed by atoms with van der Waals surface area (Å²) in [6.07, 6.45) is -3.21. The third-order valence-corrected chi connectivity index (χ3v) is 14.7. The standard InChI is InChI=1S/C51H65ClF3N15O8/c1-28(2)67(19-9-17-57-48(74)65-32-15-16-34(52)33(20-32)51(53,54)55)21-35-40(72)41(73)47(77-35)69-26-62-39-44(59-25-60-45(39)69)66-78-50(70-27-63-38-43(56)58-24-61-46(38)70)23-75-36-22-68(29(3)76-42(36)50)18-8-7-10-37(71)64-31-13-11-30(12-14-31)49(4,5)6/h11-16,20,24-29,35-36,40-42,47,72-73H,7-10,17-19,21-23H2,1-6H3,(H,64,71)(H2,56,58,61)(H2,57,65,74)(H,59,60,66). The number of urea groups is 1. The number of anilines is 4. The van der Waals surface area contributed by atoms with E-state index in [0.29, 0.717) is 50.1 Å². The van der Waals surface area contributed by atoms with Gasteiger partial charge in [-0.15, -0.1) is 0 Å². The molecule has 3 fully saturated rings. The quantitative estimate of drug-likeness (QED) is 0.0361. The number of alkyl halides is 3. The number of aromatic nitrogens is 8. The second-order valence-corrected chi connectivity index (χ2v) is 21.4. The smallest absolute Gasteiger partial charge is 0.387 e. The number of aliphatic hydroxyl groups is 2. The minimum atomic E-state index is -4.69. The van der Waals surface area contributed by atoms with Crippen LogP contribution in [0.15, 0.2) is 67.8 Å². The number of carbonyl (C=O) groups is 2. The van der Waals surface area contributed by atoms with Crippen molar-refractivity contribution in [3.05, 3.63) is 83.9 Å². The van der Waals surface area contributed by atoms with Crippen LogP contribution in [0.4, 0.5) is 41.0 Å². The van der Waals surface area contributed by atoms with Crippen LogP contribution >= 0.6 is 11.6 Å². The summed E-state index contributed by atoms with van der Waals surface area (Å²) < 4.78 is 62.8. The third kappa shape index (κ3) is 12.1. The summed E-state index contributed by atoms with van der Waals surface area (Å²) in [6, 6.07) is 10.3. The van der Waals surface area contributed by atoms with Crippen LogP contribution in [0, 0.1) is 0 Å². The molecule has 2 aromatic carbocycles. The molecule has 27 heteroatoms. The summed E-state index contributed by atoms with van der Waals surface area (Å²) in [5, 5.41) is 30.3. The number of nitrogens with two attached hydrogens (primary N) is 1. The average Bonchev–Trinajstić information content (AvgIpc) is 4.37. The zero-order chi connectivity index (χ0) is 55.7. The molecule has 3 saturated heterocycles. The first-order chi connectivity index (χ1) is 37.1. The highest BCUT2D eigenvalue weighted by Gasteiger charge is 2.58. The molecule has 9 rings (SSSR count). The Balaban J connectivity index is 0.829. The molecule has 0 radical (unpaired) electrons. The first-order valence-corrected chi connectivity index (χ1v) is 26.1. The van der Waals surface area contributed by atoms with Crippen molar-refractivity contribution in [2.75, 3.05) is 61.2 Å². The molecular formula is C51H65ClF3N15O8. The van der Waals surface area contributed by atoms with Gasteiger partial charge < -0.3 is 46.1 Å². The summed E-state index contributed by atoms with van der Waals surface area (Å²) in [4.78, 5) is 63.0. The first kappa shape index (κ1) is 56.4. The van der Waals surface area contributed by atoms with E-state index >= 15 is 0 Å². The fourth-order valence-electron chi connectivity index (χ4n) is 9.96. The number of amides is 3. The van der Waals surface area contributed by atoms with E-state index in [0.717, 1.165) is 24.2 Å². The monoisotopic (exact) mass is 1110 g/mol. The molecule has 3 aliphatic rings. The van der Waals surface area contributed by atoms with Crippen molar-refractivity contribution in [3.63, 3.8) is 0 Å². The molecule has 6 aromatic rings. The molecule has 4 aromatic heterocycles. The summed E-state index contributed by atoms with van der Waals surface area (Å²) in [6.45, 7) is 14.2. The number of aliphatic hydroxyl groups excluding tert-OH is 2. The molecular weight excluding hydrogens is 1040 g/mol. The van der Waals surface area contributed by atoms with Crippen molar-refractivity contribution >= 4 is 68.9 Å². The van der Waals surface area contributed by atoms with Gasteiger partial charge in [0.05, 0.1) is 23.2 Å². The van der Waals surface area contributed by atoms with Crippen molar-refractivity contribution in [3.8, 4) is 0 Å². The highest BCUT2D eigenvalue weighted by molar-refractivity contribution is 6.31. The van der Waals surface area contributed by atoms with Crippen molar-refractivity contribution in [1.29, 1.82) is 0 Å². The summed E-state index contributed by atoms with van der Waals surface area (Å²) >= 11 is 5.71. The van der Waals surface area contributed by atoms with Gasteiger partial charge in [-0.25, -0.2) is 45.0 Å². The van der Waals surface area contributed by atoms with E-state index in [2.05, 4.69) is 77.0 Å². The fourth-order valence-corrected chi connectivity index (χ4v) is 10.2. The number of fused-ring (bicyclic) bond motifs is 3. The first-order valence-electron chi connectivity index (χ1n) is 25.8. The van der Waals surface area contributed by atoms with E-state index < -0.39 is 71.5 Å². The second-order valence-electron chi connectivity index (χ2n) is 21.0. The van der Waals surface area contributed by atoms with Gasteiger partial charge in [-0.05, 0) is 81.3 Å². The van der Waals surface area contributed by atoms with Crippen molar-refractivity contribution < 1.29 is 52.0 Å². The molecule has 8 unspecified atom stereocenters. The molecule has 3 aliphatic heterocycles. The molecule has 7 heterocycles. The molecule has 420 valence electrons. The van der Waals surface area contributed by atoms with Gasteiger partial charge in [-0.1, -0.05) is 44.5 Å². The average molecular weight is 1110 g/mol. The number of nitrogen functional groups attached to an aromatic ring is 1. The van der Waals surface area contributed by atoms with E-state index in [4.69, 9.17) is 36.4 Å². The molecule has 8 N–H and O–H groups in total. The normalized spacial score (nSPS) is 23.8. The van der Waals surface area contributed by atoms with Crippen LogP contribution < -0.4 is 27.2 Å². The van der Waals surface area contributed by atoms with Crippen molar-refractivity contribution in [2.45, 2.75) is 134 Å².